The number of halogens is 3. The fraction of sp³-hybridized carbons (Fsp3) is 0.0667. The van der Waals surface area contributed by atoms with Crippen molar-refractivity contribution in [3.05, 3.63) is 54.3 Å². The van der Waals surface area contributed by atoms with Crippen LogP contribution in [0.5, 0.6) is 0 Å². The summed E-state index contributed by atoms with van der Waals surface area (Å²) < 4.78 is 43.3. The van der Waals surface area contributed by atoms with Crippen molar-refractivity contribution in [1.29, 1.82) is 0 Å². The molecule has 1 aromatic heterocycles. The van der Waals surface area contributed by atoms with Crippen LogP contribution in [0.2, 0.25) is 0 Å². The van der Waals surface area contributed by atoms with Crippen LogP contribution in [0.4, 0.5) is 18.9 Å². The van der Waals surface area contributed by atoms with Crippen molar-refractivity contribution in [2.24, 2.45) is 0 Å². The van der Waals surface area contributed by atoms with Crippen LogP contribution in [0.25, 0.3) is 22.1 Å². The molecule has 102 valence electrons. The van der Waals surface area contributed by atoms with Crippen molar-refractivity contribution in [3.8, 4) is 11.1 Å². The smallest absolute Gasteiger partial charge is 0.420 e. The normalized spacial score (nSPS) is 11.9. The predicted molar refractivity (Wildman–Crippen MR) is 71.1 cm³/mol. The summed E-state index contributed by atoms with van der Waals surface area (Å²) in [5.41, 5.74) is 7.33. The highest BCUT2D eigenvalue weighted by molar-refractivity contribution is 5.86. The molecule has 0 radical (unpaired) electrons. The van der Waals surface area contributed by atoms with Gasteiger partial charge in [0, 0.05) is 11.1 Å². The molecule has 2 aromatic carbocycles. The lowest BCUT2D eigenvalue weighted by Crippen LogP contribution is -2.02. The average molecular weight is 277 g/mol. The molecule has 0 saturated heterocycles. The molecule has 0 fully saturated rings. The van der Waals surface area contributed by atoms with Crippen molar-refractivity contribution >= 4 is 16.7 Å². The van der Waals surface area contributed by atoms with E-state index < -0.39 is 11.7 Å². The van der Waals surface area contributed by atoms with Gasteiger partial charge in [0.2, 0.25) is 0 Å². The minimum Gasteiger partial charge on any atom is -0.464 e. The summed E-state index contributed by atoms with van der Waals surface area (Å²) in [6.45, 7) is 0. The number of alkyl halides is 3. The Morgan fingerprint density at radius 3 is 2.40 bits per heavy atom. The molecule has 0 aliphatic heterocycles. The van der Waals surface area contributed by atoms with Crippen LogP contribution >= 0.6 is 0 Å². The van der Waals surface area contributed by atoms with Crippen molar-refractivity contribution in [1.82, 2.24) is 0 Å². The molecular formula is C15H10F3NO. The zero-order valence-corrected chi connectivity index (χ0v) is 10.2. The molecule has 0 spiro atoms. The van der Waals surface area contributed by atoms with Crippen LogP contribution in [-0.2, 0) is 6.18 Å². The van der Waals surface area contributed by atoms with E-state index in [1.54, 1.807) is 30.3 Å². The second-order valence-corrected chi connectivity index (χ2v) is 4.48. The zero-order valence-electron chi connectivity index (χ0n) is 10.2. The third-order valence-corrected chi connectivity index (χ3v) is 3.10. The zero-order chi connectivity index (χ0) is 14.3. The van der Waals surface area contributed by atoms with Crippen LogP contribution in [0, 0.1) is 0 Å². The van der Waals surface area contributed by atoms with E-state index in [1.165, 1.54) is 6.07 Å². The molecule has 3 rings (SSSR count). The van der Waals surface area contributed by atoms with Gasteiger partial charge in [-0.3, -0.25) is 0 Å². The first-order valence-corrected chi connectivity index (χ1v) is 5.89. The molecule has 1 heterocycles. The van der Waals surface area contributed by atoms with Crippen molar-refractivity contribution < 1.29 is 17.6 Å². The Morgan fingerprint density at radius 1 is 0.950 bits per heavy atom. The molecule has 0 saturated carbocycles. The molecule has 20 heavy (non-hydrogen) atoms. The summed E-state index contributed by atoms with van der Waals surface area (Å²) in [5, 5.41) is 0.0603. The van der Waals surface area contributed by atoms with Gasteiger partial charge in [-0.2, -0.15) is 13.2 Å². The minimum absolute atomic E-state index is 0.0603. The molecule has 3 aromatic rings. The van der Waals surface area contributed by atoms with Gasteiger partial charge in [-0.25, -0.2) is 0 Å². The first kappa shape index (κ1) is 12.6. The van der Waals surface area contributed by atoms with Crippen LogP contribution in [-0.4, -0.2) is 0 Å². The Labute approximate surface area is 112 Å². The molecule has 5 heteroatoms. The summed E-state index contributed by atoms with van der Waals surface area (Å²) in [5.74, 6) is 0. The van der Waals surface area contributed by atoms with E-state index >= 15 is 0 Å². The number of benzene rings is 2. The highest BCUT2D eigenvalue weighted by Gasteiger charge is 2.34. The van der Waals surface area contributed by atoms with Gasteiger partial charge in [0.05, 0.1) is 0 Å². The van der Waals surface area contributed by atoms with E-state index in [9.17, 15) is 13.2 Å². The number of anilines is 1. The Balaban J connectivity index is 2.13. The topological polar surface area (TPSA) is 39.2 Å². The Morgan fingerprint density at radius 2 is 1.70 bits per heavy atom. The number of nitrogen functional groups attached to an aromatic ring is 1. The first-order chi connectivity index (χ1) is 9.45. The predicted octanol–water partition coefficient (Wildman–Crippen LogP) is 4.70. The summed E-state index contributed by atoms with van der Waals surface area (Å²) in [4.78, 5) is 0. The molecule has 2 N–H and O–H groups in total. The maximum absolute atomic E-state index is 12.8. The van der Waals surface area contributed by atoms with Gasteiger partial charge < -0.3 is 10.2 Å². The second-order valence-electron chi connectivity index (χ2n) is 4.48. The number of rotatable bonds is 1. The highest BCUT2D eigenvalue weighted by Crippen LogP contribution is 2.37. The van der Waals surface area contributed by atoms with Crippen molar-refractivity contribution in [2.45, 2.75) is 6.18 Å². The van der Waals surface area contributed by atoms with Gasteiger partial charge in [-0.05, 0) is 35.4 Å². The molecule has 0 unspecified atom stereocenters. The summed E-state index contributed by atoms with van der Waals surface area (Å²) in [6.07, 6.45) is -3.67. The first-order valence-electron chi connectivity index (χ1n) is 5.89. The van der Waals surface area contributed by atoms with Gasteiger partial charge in [0.15, 0.2) is 0 Å². The second kappa shape index (κ2) is 4.30. The van der Waals surface area contributed by atoms with E-state index in [0.29, 0.717) is 5.69 Å². The fourth-order valence-corrected chi connectivity index (χ4v) is 2.15. The number of nitrogens with two attached hydrogens (primary N) is 1. The number of fused-ring (bicyclic) bond motifs is 1. The van der Waals surface area contributed by atoms with Gasteiger partial charge in [-0.15, -0.1) is 0 Å². The lowest BCUT2D eigenvalue weighted by molar-refractivity contribution is -0.136. The lowest BCUT2D eigenvalue weighted by Gasteiger charge is -2.05. The van der Waals surface area contributed by atoms with Crippen LogP contribution in [0.3, 0.4) is 0 Å². The maximum Gasteiger partial charge on any atom is 0.420 e. The van der Waals surface area contributed by atoms with Crippen LogP contribution < -0.4 is 5.73 Å². The lowest BCUT2D eigenvalue weighted by atomic mass is 10.0. The quantitative estimate of drug-likeness (QED) is 0.655. The van der Waals surface area contributed by atoms with Gasteiger partial charge in [0.1, 0.15) is 17.4 Å². The minimum atomic E-state index is -4.41. The highest BCUT2D eigenvalue weighted by atomic mass is 19.4. The largest absolute Gasteiger partial charge is 0.464 e. The Bertz CT molecular complexity index is 774. The van der Waals surface area contributed by atoms with E-state index in [2.05, 4.69) is 0 Å². The molecule has 0 amide bonds. The Hall–Kier alpha value is -2.43. The van der Waals surface area contributed by atoms with E-state index in [-0.39, 0.29) is 11.0 Å². The molecule has 0 bridgehead atoms. The van der Waals surface area contributed by atoms with Gasteiger partial charge >= 0.3 is 6.18 Å². The monoisotopic (exact) mass is 277 g/mol. The molecular weight excluding hydrogens is 267 g/mol. The van der Waals surface area contributed by atoms with E-state index in [0.717, 1.165) is 17.4 Å². The third-order valence-electron chi connectivity index (χ3n) is 3.10. The molecule has 2 nitrogen and oxygen atoms in total. The molecule has 0 aliphatic carbocycles. The molecule has 0 atom stereocenters. The van der Waals surface area contributed by atoms with E-state index in [4.69, 9.17) is 10.2 Å². The standard InChI is InChI=1S/C15H10F3NO/c16-15(17,18)13-8-20-14-7-10(4-5-12(13)14)9-2-1-3-11(19)6-9/h1-8H,19H2. The molecule has 0 aliphatic rings. The summed E-state index contributed by atoms with van der Waals surface area (Å²) >= 11 is 0. The maximum atomic E-state index is 12.8. The van der Waals surface area contributed by atoms with Crippen molar-refractivity contribution in [2.75, 3.05) is 5.73 Å². The van der Waals surface area contributed by atoms with Gasteiger partial charge in [0.25, 0.3) is 0 Å². The van der Waals surface area contributed by atoms with Crippen LogP contribution in [0.15, 0.2) is 53.1 Å². The number of furan rings is 1. The summed E-state index contributed by atoms with van der Waals surface area (Å²) in [6, 6.07) is 11.8. The van der Waals surface area contributed by atoms with E-state index in [1.807, 2.05) is 6.07 Å². The SMILES string of the molecule is Nc1cccc(-c2ccc3c(C(F)(F)F)coc3c2)c1. The van der Waals surface area contributed by atoms with Gasteiger partial charge in [-0.1, -0.05) is 18.2 Å². The fourth-order valence-electron chi connectivity index (χ4n) is 2.15. The third kappa shape index (κ3) is 2.11. The van der Waals surface area contributed by atoms with Crippen molar-refractivity contribution in [3.63, 3.8) is 0 Å². The average Bonchev–Trinajstić information content (AvgIpc) is 2.81. The summed E-state index contributed by atoms with van der Waals surface area (Å²) in [7, 11) is 0. The van der Waals surface area contributed by atoms with Crippen LogP contribution in [0.1, 0.15) is 5.56 Å². The Kier molecular flexibility index (Phi) is 2.71. The number of hydrogen-bond donors (Lipinski definition) is 1. The number of hydrogen-bond acceptors (Lipinski definition) is 2.